The maximum absolute atomic E-state index is 13.4. The number of benzene rings is 2. The van der Waals surface area contributed by atoms with E-state index >= 15 is 0 Å². The van der Waals surface area contributed by atoms with E-state index in [0.717, 1.165) is 37.4 Å². The number of carbonyl (C=O) groups excluding carboxylic acids is 3. The predicted octanol–water partition coefficient (Wildman–Crippen LogP) is 5.69. The van der Waals surface area contributed by atoms with Crippen molar-refractivity contribution in [2.24, 2.45) is 5.73 Å². The van der Waals surface area contributed by atoms with Crippen molar-refractivity contribution in [1.29, 1.82) is 0 Å². The van der Waals surface area contributed by atoms with Crippen LogP contribution in [0.1, 0.15) is 72.1 Å². The molecule has 0 bridgehead atoms. The number of hydrogen-bond donors (Lipinski definition) is 5. The van der Waals surface area contributed by atoms with E-state index in [1.807, 2.05) is 22.6 Å². The third-order valence-electron chi connectivity index (χ3n) is 9.53. The molecule has 0 saturated carbocycles. The molecule has 2 saturated heterocycles. The molecule has 0 unspecified atom stereocenters. The number of halogens is 3. The molecular weight excluding hydrogens is 789 g/mol. The lowest BCUT2D eigenvalue weighted by Gasteiger charge is -2.45. The van der Waals surface area contributed by atoms with E-state index in [4.69, 9.17) is 11.6 Å². The van der Waals surface area contributed by atoms with Crippen LogP contribution in [0.2, 0.25) is 0 Å². The summed E-state index contributed by atoms with van der Waals surface area (Å²) in [6.07, 6.45) is 7.09. The van der Waals surface area contributed by atoms with Gasteiger partial charge in [-0.1, -0.05) is 32.9 Å². The van der Waals surface area contributed by atoms with E-state index in [0.29, 0.717) is 72.8 Å². The third-order valence-corrected chi connectivity index (χ3v) is 9.53. The predicted molar refractivity (Wildman–Crippen MR) is 199 cm³/mol. The molecule has 2 spiro atoms. The maximum Gasteiger partial charge on any atom is 0.317 e. The lowest BCUT2D eigenvalue weighted by atomic mass is 9.78. The number of rotatable bonds is 3. The Labute approximate surface area is 315 Å². The van der Waals surface area contributed by atoms with Crippen LogP contribution in [0.15, 0.2) is 70.0 Å². The molecule has 2 fully saturated rings. The summed E-state index contributed by atoms with van der Waals surface area (Å²) in [7, 11) is 0. The molecule has 52 heavy (non-hydrogen) atoms. The first-order chi connectivity index (χ1) is 25.6. The first-order valence-corrected chi connectivity index (χ1v) is 18.4. The number of ketones is 2. The Balaban J connectivity index is 0.000000170. The fraction of sp³-hybridized carbons (Fsp3) is 0.417. The zero-order valence-corrected chi connectivity index (χ0v) is 30.7. The average Bonchev–Trinajstić information content (AvgIpc) is 3.88. The number of Topliss-reactive ketones (excluding diaryl/α,β-unsaturated/α-hetero) is 2. The largest absolute Gasteiger partial charge is 0.378 e. The minimum Gasteiger partial charge on any atom is -0.378 e. The maximum atomic E-state index is 13.4. The number of fused-ring (bicyclic) bond motifs is 2. The Kier molecular flexibility index (Phi) is 12.8. The summed E-state index contributed by atoms with van der Waals surface area (Å²) in [6.45, 7) is 3.65. The molecule has 16 heteroatoms. The van der Waals surface area contributed by atoms with Gasteiger partial charge in [-0.25, -0.2) is 13.6 Å². The van der Waals surface area contributed by atoms with E-state index in [1.165, 1.54) is 30.5 Å². The Hall–Kier alpha value is -4.42. The van der Waals surface area contributed by atoms with Crippen LogP contribution in [0.3, 0.4) is 0 Å². The topological polar surface area (TPSA) is 181 Å². The van der Waals surface area contributed by atoms with Gasteiger partial charge in [0.1, 0.15) is 17.4 Å². The lowest BCUT2D eigenvalue weighted by molar-refractivity contribution is 0.0911. The van der Waals surface area contributed by atoms with Crippen molar-refractivity contribution in [2.75, 3.05) is 41.7 Å². The summed E-state index contributed by atoms with van der Waals surface area (Å²) >= 11 is 1.96. The molecule has 0 radical (unpaired) electrons. The van der Waals surface area contributed by atoms with Gasteiger partial charge in [0.05, 0.1) is 25.5 Å². The summed E-state index contributed by atoms with van der Waals surface area (Å²) in [4.78, 5) is 39.0. The zero-order chi connectivity index (χ0) is 37.8. The van der Waals surface area contributed by atoms with Crippen LogP contribution in [0.5, 0.6) is 0 Å². The fourth-order valence-electron chi connectivity index (χ4n) is 6.78. The number of urea groups is 1. The highest BCUT2D eigenvalue weighted by molar-refractivity contribution is 14.1. The monoisotopic (exact) mass is 833 g/mol. The third kappa shape index (κ3) is 9.71. The molecule has 6 N–H and O–H groups in total. The second-order valence-electron chi connectivity index (χ2n) is 12.9. The number of anilines is 2. The van der Waals surface area contributed by atoms with Crippen LogP contribution in [0, 0.1) is 11.6 Å². The van der Waals surface area contributed by atoms with E-state index < -0.39 is 5.82 Å². The van der Waals surface area contributed by atoms with Gasteiger partial charge in [-0.15, -0.1) is 0 Å². The quantitative estimate of drug-likeness (QED) is 0.127. The molecular formula is C36H43F2IN8O5. The minimum absolute atomic E-state index is 0.0542. The summed E-state index contributed by atoms with van der Waals surface area (Å²) < 4.78 is 42.2. The van der Waals surface area contributed by atoms with Crippen LogP contribution in [0.4, 0.5) is 25.0 Å². The van der Waals surface area contributed by atoms with Crippen molar-refractivity contribution in [3.05, 3.63) is 95.2 Å². The Bertz CT molecular complexity index is 1820. The number of piperidine rings is 2. The number of nitrogens with two attached hydrogens (primary N) is 1. The van der Waals surface area contributed by atoms with Crippen molar-refractivity contribution < 1.29 is 33.6 Å². The van der Waals surface area contributed by atoms with Gasteiger partial charge in [-0.05, 0) is 80.1 Å². The van der Waals surface area contributed by atoms with Gasteiger partial charge in [-0.3, -0.25) is 9.59 Å². The normalized spacial score (nSPS) is 18.0. The number of alkyl halides is 1. The van der Waals surface area contributed by atoms with Crippen LogP contribution >= 0.6 is 22.6 Å². The zero-order valence-electron chi connectivity index (χ0n) is 29.6. The first kappa shape index (κ1) is 37.3. The number of likely N-dealkylation sites (tertiary alicyclic amines) is 1. The average molecular weight is 834 g/mol. The number of aromatic nitrogens is 2. The van der Waals surface area contributed by atoms with E-state index in [2.05, 4.69) is 36.1 Å². The van der Waals surface area contributed by atoms with E-state index in [9.17, 15) is 23.2 Å². The van der Waals surface area contributed by atoms with Crippen molar-refractivity contribution >= 4 is 51.6 Å². The standard InChI is InChI=1S/C18H19FN4O3.C13H15FN2O.C4H6N2O.CH3I/c19-12-1-2-15-14(9-12)16(24)10-18(22-15)4-7-23(8-5-18)17(25)20-11-13-3-6-21-26-13;14-9-1-2-11-10(7-9)12(17)8-13(16-11)3-5-15-6-4-13;5-3-4-1-2-6-7-4;1-2/h1-3,6,9,22H,4-5,7-8,10-11H2,(H,20,25);1-2,7,15-16H,3-6,8H2;1-2H,3,5H2;1H3/i;;;1D. The smallest absolute Gasteiger partial charge is 0.317 e. The molecule has 278 valence electrons. The van der Waals surface area contributed by atoms with Crippen molar-refractivity contribution in [3.63, 3.8) is 0 Å². The number of amides is 2. The molecule has 2 aromatic heterocycles. The van der Waals surface area contributed by atoms with E-state index in [-0.39, 0.29) is 41.0 Å². The van der Waals surface area contributed by atoms with E-state index in [1.54, 1.807) is 35.4 Å². The Morgan fingerprint density at radius 1 is 0.885 bits per heavy atom. The molecule has 8 rings (SSSR count). The van der Waals surface area contributed by atoms with Gasteiger partial charge in [-0.2, -0.15) is 0 Å². The SMILES string of the molecule is NCc1ccno1.O=C1CC2(CCN(C(=O)NCc3ccno3)CC2)Nc2ccc(F)cc21.O=C1CC2(CCNCC2)Nc2ccc(F)cc21.[2H]CI. The second-order valence-corrected chi connectivity index (χ2v) is 12.9. The van der Waals surface area contributed by atoms with Gasteiger partial charge in [0.25, 0.3) is 0 Å². The Morgan fingerprint density at radius 2 is 1.38 bits per heavy atom. The van der Waals surface area contributed by atoms with Crippen LogP contribution in [0.25, 0.3) is 0 Å². The van der Waals surface area contributed by atoms with Gasteiger partial charge in [0.2, 0.25) is 0 Å². The number of nitrogens with one attached hydrogen (secondary N) is 4. The van der Waals surface area contributed by atoms with Crippen molar-refractivity contribution in [1.82, 2.24) is 25.8 Å². The summed E-state index contributed by atoms with van der Waals surface area (Å²) in [6, 6.07) is 11.9. The summed E-state index contributed by atoms with van der Waals surface area (Å²) in [5.74, 6) is 0.560. The van der Waals surface area contributed by atoms with Crippen LogP contribution in [-0.4, -0.2) is 75.0 Å². The number of carbonyl (C=O) groups is 3. The minimum atomic E-state index is -0.409. The highest BCUT2D eigenvalue weighted by Gasteiger charge is 2.42. The van der Waals surface area contributed by atoms with Gasteiger partial charge in [0.15, 0.2) is 17.3 Å². The Morgan fingerprint density at radius 3 is 1.85 bits per heavy atom. The van der Waals surface area contributed by atoms with Gasteiger partial charge in [0, 0.05) is 73.0 Å². The number of hydrogen-bond acceptors (Lipinski definition) is 11. The molecule has 0 aliphatic carbocycles. The molecule has 2 amide bonds. The molecule has 4 aliphatic rings. The van der Waals surface area contributed by atoms with Crippen molar-refractivity contribution in [3.8, 4) is 0 Å². The molecule has 6 heterocycles. The fourth-order valence-corrected chi connectivity index (χ4v) is 6.78. The number of nitrogens with zero attached hydrogens (tertiary/aromatic N) is 3. The highest BCUT2D eigenvalue weighted by Crippen LogP contribution is 2.38. The summed E-state index contributed by atoms with van der Waals surface area (Å²) in [5, 5.41) is 20.0. The second kappa shape index (κ2) is 17.9. The van der Waals surface area contributed by atoms with Gasteiger partial charge >= 0.3 is 6.03 Å². The van der Waals surface area contributed by atoms with Crippen molar-refractivity contribution in [2.45, 2.75) is 62.7 Å². The molecule has 4 aromatic rings. The highest BCUT2D eigenvalue weighted by atomic mass is 127. The summed E-state index contributed by atoms with van der Waals surface area (Å²) in [5.41, 5.74) is 7.03. The van der Waals surface area contributed by atoms with Crippen LogP contribution in [-0.2, 0) is 13.1 Å². The van der Waals surface area contributed by atoms with Gasteiger partial charge < -0.3 is 40.9 Å². The first-order valence-electron chi connectivity index (χ1n) is 17.6. The van der Waals surface area contributed by atoms with Crippen LogP contribution < -0.4 is 27.0 Å². The molecule has 2 aromatic carbocycles. The molecule has 0 atom stereocenters. The molecule has 13 nitrogen and oxygen atoms in total. The molecule has 4 aliphatic heterocycles. The lowest BCUT2D eigenvalue weighted by Crippen LogP contribution is -2.55.